The molecule has 27 heavy (non-hydrogen) atoms. The molecule has 1 aromatic carbocycles. The van der Waals surface area contributed by atoms with E-state index in [0.717, 1.165) is 31.1 Å². The normalized spacial score (nSPS) is 22.8. The van der Waals surface area contributed by atoms with Crippen molar-refractivity contribution in [2.75, 3.05) is 38.1 Å². The van der Waals surface area contributed by atoms with Gasteiger partial charge in [-0.2, -0.15) is 0 Å². The molecule has 0 aliphatic carbocycles. The number of rotatable bonds is 4. The Bertz CT molecular complexity index is 772. The topological polar surface area (TPSA) is 85.0 Å². The molecule has 2 fully saturated rings. The van der Waals surface area contributed by atoms with E-state index in [4.69, 9.17) is 11.6 Å². The number of nitrogens with zero attached hydrogens (tertiary/aromatic N) is 3. The predicted molar refractivity (Wildman–Crippen MR) is 102 cm³/mol. The van der Waals surface area contributed by atoms with Crippen LogP contribution in [0, 0.1) is 5.92 Å². The van der Waals surface area contributed by atoms with Gasteiger partial charge in [-0.25, -0.2) is 14.7 Å². The summed E-state index contributed by atoms with van der Waals surface area (Å²) in [5.41, 5.74) is 3.99. The van der Waals surface area contributed by atoms with Gasteiger partial charge in [0.2, 0.25) is 5.91 Å². The Morgan fingerprint density at radius 1 is 1.15 bits per heavy atom. The zero-order chi connectivity index (χ0) is 19.6. The Labute approximate surface area is 162 Å². The highest BCUT2D eigenvalue weighted by molar-refractivity contribution is 6.31. The van der Waals surface area contributed by atoms with Crippen molar-refractivity contribution < 1.29 is 14.4 Å². The first-order chi connectivity index (χ1) is 12.9. The van der Waals surface area contributed by atoms with Gasteiger partial charge >= 0.3 is 6.03 Å². The van der Waals surface area contributed by atoms with Crippen molar-refractivity contribution in [1.82, 2.24) is 20.7 Å². The quantitative estimate of drug-likeness (QED) is 0.750. The van der Waals surface area contributed by atoms with Gasteiger partial charge in [0.05, 0.1) is 5.69 Å². The maximum absolute atomic E-state index is 13.0. The average molecular weight is 392 g/mol. The summed E-state index contributed by atoms with van der Waals surface area (Å²) < 4.78 is 0. The van der Waals surface area contributed by atoms with Crippen LogP contribution in [-0.2, 0) is 9.59 Å². The summed E-state index contributed by atoms with van der Waals surface area (Å²) in [6.07, 6.45) is 1.69. The Kier molecular flexibility index (Phi) is 5.79. The third-order valence-corrected chi connectivity index (χ3v) is 4.91. The fourth-order valence-corrected chi connectivity index (χ4v) is 3.21. The number of likely N-dealkylation sites (N-methyl/N-ethyl adjacent to an activating group) is 1. The lowest BCUT2D eigenvalue weighted by Gasteiger charge is -2.36. The first-order valence-electron chi connectivity index (χ1n) is 8.71. The minimum Gasteiger partial charge on any atom is -0.322 e. The standard InChI is InChI=1S/C18H22ClN5O3/c1-3-14(21-23-10-8-22(2)9-11-23)15-16(25)20-18(27)24(17(15)26)13-6-4-12(19)5-7-13/h3-7,15,21H,8-11H2,1-2H3,(H,20,25,27)/b14-3+/t15-/m1/s1. The molecule has 4 amide bonds. The zero-order valence-corrected chi connectivity index (χ0v) is 16.0. The number of carbonyl (C=O) groups excluding carboxylic acids is 3. The van der Waals surface area contributed by atoms with Crippen LogP contribution in [-0.4, -0.2) is 61.0 Å². The number of barbiturate groups is 1. The van der Waals surface area contributed by atoms with Crippen molar-refractivity contribution >= 4 is 35.1 Å². The Morgan fingerprint density at radius 3 is 2.37 bits per heavy atom. The average Bonchev–Trinajstić information content (AvgIpc) is 2.63. The highest BCUT2D eigenvalue weighted by Gasteiger charge is 2.43. The first-order valence-corrected chi connectivity index (χ1v) is 9.09. The second kappa shape index (κ2) is 8.08. The van der Waals surface area contributed by atoms with E-state index in [-0.39, 0.29) is 0 Å². The van der Waals surface area contributed by atoms with E-state index >= 15 is 0 Å². The maximum atomic E-state index is 13.0. The molecule has 1 aromatic rings. The van der Waals surface area contributed by atoms with Crippen molar-refractivity contribution in [1.29, 1.82) is 0 Å². The van der Waals surface area contributed by atoms with Crippen LogP contribution in [0.5, 0.6) is 0 Å². The minimum atomic E-state index is -1.12. The van der Waals surface area contributed by atoms with Crippen molar-refractivity contribution in [3.63, 3.8) is 0 Å². The number of carbonyl (C=O) groups is 3. The summed E-state index contributed by atoms with van der Waals surface area (Å²) in [5, 5.41) is 4.73. The molecule has 0 aromatic heterocycles. The van der Waals surface area contributed by atoms with E-state index in [9.17, 15) is 14.4 Å². The second-order valence-electron chi connectivity index (χ2n) is 6.52. The number of allylic oxidation sites excluding steroid dienone is 1. The third kappa shape index (κ3) is 4.13. The lowest BCUT2D eigenvalue weighted by atomic mass is 10.00. The smallest absolute Gasteiger partial charge is 0.322 e. The molecule has 2 N–H and O–H groups in total. The number of hydrogen-bond donors (Lipinski definition) is 2. The van der Waals surface area contributed by atoms with Gasteiger partial charge in [-0.3, -0.25) is 14.9 Å². The number of piperazine rings is 1. The van der Waals surface area contributed by atoms with Crippen molar-refractivity contribution in [3.8, 4) is 0 Å². The summed E-state index contributed by atoms with van der Waals surface area (Å²) in [6, 6.07) is 5.54. The number of nitrogens with one attached hydrogen (secondary N) is 2. The van der Waals surface area contributed by atoms with Crippen LogP contribution in [0.15, 0.2) is 36.0 Å². The number of amides is 4. The molecule has 9 heteroatoms. The summed E-state index contributed by atoms with van der Waals surface area (Å²) in [6.45, 7) is 5.03. The molecule has 1 atom stereocenters. The van der Waals surface area contributed by atoms with Gasteiger partial charge in [0.25, 0.3) is 5.91 Å². The van der Waals surface area contributed by atoms with Gasteiger partial charge in [-0.1, -0.05) is 17.7 Å². The molecular weight excluding hydrogens is 370 g/mol. The molecular formula is C18H22ClN5O3. The molecule has 144 valence electrons. The predicted octanol–water partition coefficient (Wildman–Crippen LogP) is 1.19. The molecule has 2 aliphatic rings. The number of anilines is 1. The summed E-state index contributed by atoms with van der Waals surface area (Å²) in [7, 11) is 2.04. The SMILES string of the molecule is C/C=C(/NN1CCN(C)CC1)[C@@H]1C(=O)NC(=O)N(c2ccc(Cl)cc2)C1=O. The maximum Gasteiger partial charge on any atom is 0.335 e. The summed E-state index contributed by atoms with van der Waals surface area (Å²) >= 11 is 5.88. The second-order valence-corrected chi connectivity index (χ2v) is 6.96. The molecule has 0 radical (unpaired) electrons. The van der Waals surface area contributed by atoms with Crippen LogP contribution in [0.2, 0.25) is 5.02 Å². The van der Waals surface area contributed by atoms with Gasteiger partial charge in [-0.15, -0.1) is 0 Å². The Hall–Kier alpha value is -2.42. The highest BCUT2D eigenvalue weighted by atomic mass is 35.5. The van der Waals surface area contributed by atoms with Crippen LogP contribution in [0.4, 0.5) is 10.5 Å². The third-order valence-electron chi connectivity index (χ3n) is 4.66. The van der Waals surface area contributed by atoms with Crippen LogP contribution in [0.3, 0.4) is 0 Å². The van der Waals surface area contributed by atoms with Crippen LogP contribution < -0.4 is 15.6 Å². The number of hydrazine groups is 1. The molecule has 2 saturated heterocycles. The van der Waals surface area contributed by atoms with Crippen LogP contribution in [0.25, 0.3) is 0 Å². The van der Waals surface area contributed by atoms with Crippen molar-refractivity contribution in [3.05, 3.63) is 41.1 Å². The van der Waals surface area contributed by atoms with Gasteiger partial charge in [0, 0.05) is 36.9 Å². The van der Waals surface area contributed by atoms with E-state index in [1.807, 2.05) is 12.1 Å². The number of imide groups is 2. The Morgan fingerprint density at radius 2 is 1.78 bits per heavy atom. The molecule has 0 spiro atoms. The number of urea groups is 1. The fraction of sp³-hybridized carbons (Fsp3) is 0.389. The van der Waals surface area contributed by atoms with E-state index in [1.165, 1.54) is 0 Å². The summed E-state index contributed by atoms with van der Waals surface area (Å²) in [5.74, 6) is -2.35. The van der Waals surface area contributed by atoms with Crippen molar-refractivity contribution in [2.24, 2.45) is 5.92 Å². The summed E-state index contributed by atoms with van der Waals surface area (Å²) in [4.78, 5) is 40.9. The van der Waals surface area contributed by atoms with Gasteiger partial charge in [0.15, 0.2) is 5.92 Å². The molecule has 0 unspecified atom stereocenters. The number of halogens is 1. The van der Waals surface area contributed by atoms with Crippen LogP contribution in [0.1, 0.15) is 6.92 Å². The van der Waals surface area contributed by atoms with E-state index in [2.05, 4.69) is 15.6 Å². The molecule has 0 saturated carbocycles. The van der Waals surface area contributed by atoms with E-state index < -0.39 is 23.8 Å². The minimum absolute atomic E-state index is 0.356. The van der Waals surface area contributed by atoms with Gasteiger partial charge in [0.1, 0.15) is 0 Å². The highest BCUT2D eigenvalue weighted by Crippen LogP contribution is 2.25. The first kappa shape index (κ1) is 19.3. The molecule has 8 nitrogen and oxygen atoms in total. The molecule has 2 aliphatic heterocycles. The zero-order valence-electron chi connectivity index (χ0n) is 15.2. The van der Waals surface area contributed by atoms with Gasteiger partial charge in [-0.05, 0) is 38.2 Å². The van der Waals surface area contributed by atoms with Gasteiger partial charge < -0.3 is 10.3 Å². The van der Waals surface area contributed by atoms with Crippen LogP contribution >= 0.6 is 11.6 Å². The number of benzene rings is 1. The van der Waals surface area contributed by atoms with E-state index in [1.54, 1.807) is 37.3 Å². The molecule has 2 heterocycles. The van der Waals surface area contributed by atoms with Crippen molar-refractivity contribution in [2.45, 2.75) is 6.92 Å². The largest absolute Gasteiger partial charge is 0.335 e. The lowest BCUT2D eigenvalue weighted by Crippen LogP contribution is -2.61. The number of hydrogen-bond acceptors (Lipinski definition) is 6. The molecule has 3 rings (SSSR count). The molecule has 0 bridgehead atoms. The Balaban J connectivity index is 1.82. The fourth-order valence-electron chi connectivity index (χ4n) is 3.08. The lowest BCUT2D eigenvalue weighted by molar-refractivity contribution is -0.133. The monoisotopic (exact) mass is 391 g/mol. The van der Waals surface area contributed by atoms with E-state index in [0.29, 0.717) is 16.4 Å².